The van der Waals surface area contributed by atoms with Crippen molar-refractivity contribution in [3.8, 4) is 0 Å². The molecule has 25 heavy (non-hydrogen) atoms. The summed E-state index contributed by atoms with van der Waals surface area (Å²) >= 11 is 0. The summed E-state index contributed by atoms with van der Waals surface area (Å²) in [6.45, 7) is 0.389. The van der Waals surface area contributed by atoms with Gasteiger partial charge < -0.3 is 14.0 Å². The number of cyclic esters (lactones) is 2. The molecule has 0 spiro atoms. The third-order valence-corrected chi connectivity index (χ3v) is 6.76. The molecule has 8 nitrogen and oxygen atoms in total. The van der Waals surface area contributed by atoms with E-state index in [1.165, 1.54) is 0 Å². The lowest BCUT2D eigenvalue weighted by atomic mass is 9.88. The van der Waals surface area contributed by atoms with Gasteiger partial charge in [-0.15, -0.1) is 0 Å². The number of hydrogen-bond donors (Lipinski definition) is 0. The van der Waals surface area contributed by atoms with Crippen molar-refractivity contribution in [3.63, 3.8) is 0 Å². The summed E-state index contributed by atoms with van der Waals surface area (Å²) in [6.07, 6.45) is 10.7. The van der Waals surface area contributed by atoms with Crippen LogP contribution in [0.2, 0.25) is 0 Å². The molecule has 0 saturated carbocycles. The van der Waals surface area contributed by atoms with Crippen molar-refractivity contribution in [2.24, 2.45) is 5.92 Å². The van der Waals surface area contributed by atoms with Crippen molar-refractivity contribution < 1.29 is 28.2 Å². The minimum Gasteiger partial charge on any atom is -0.447 e. The van der Waals surface area contributed by atoms with Gasteiger partial charge in [0.25, 0.3) is 0 Å². The maximum Gasteiger partial charge on any atom is 0.459 e. The van der Waals surface area contributed by atoms with E-state index >= 15 is 0 Å². The normalized spacial score (nSPS) is 25.4. The van der Waals surface area contributed by atoms with Gasteiger partial charge in [0, 0.05) is 5.92 Å². The molecule has 1 atom stereocenters. The van der Waals surface area contributed by atoms with Gasteiger partial charge in [0.05, 0.1) is 13.1 Å². The fourth-order valence-electron chi connectivity index (χ4n) is 3.10. The number of carbonyl (C=O) groups is 2. The monoisotopic (exact) mass is 364 g/mol. The van der Waals surface area contributed by atoms with Crippen LogP contribution in [0.25, 0.3) is 0 Å². The number of hydrogen-bond acceptors (Lipinski definition) is 6. The van der Waals surface area contributed by atoms with Gasteiger partial charge in [-0.1, -0.05) is 24.3 Å². The third-order valence-electron chi connectivity index (χ3n) is 4.37. The van der Waals surface area contributed by atoms with Gasteiger partial charge in [-0.05, 0) is 24.1 Å². The molecule has 0 radical (unpaired) electrons. The molecule has 2 amide bonds. The van der Waals surface area contributed by atoms with Gasteiger partial charge in [0.1, 0.15) is 19.0 Å². The summed E-state index contributed by atoms with van der Waals surface area (Å²) in [5.74, 6) is 0.624. The lowest BCUT2D eigenvalue weighted by Gasteiger charge is -2.32. The largest absolute Gasteiger partial charge is 0.459 e. The molecule has 4 aliphatic rings. The summed E-state index contributed by atoms with van der Waals surface area (Å²) in [7, 11) is -3.98. The minimum atomic E-state index is -3.98. The lowest BCUT2D eigenvalue weighted by molar-refractivity contribution is 0.159. The Labute approximate surface area is 144 Å². The van der Waals surface area contributed by atoms with Gasteiger partial charge in [-0.3, -0.25) is 0 Å². The number of nitrogens with zero attached hydrogens (tertiary/aromatic N) is 2. The molecule has 2 heterocycles. The van der Waals surface area contributed by atoms with Crippen molar-refractivity contribution in [1.82, 2.24) is 9.34 Å². The zero-order chi connectivity index (χ0) is 17.4. The van der Waals surface area contributed by atoms with Crippen LogP contribution in [0.4, 0.5) is 9.59 Å². The Hall–Kier alpha value is -2.47. The minimum absolute atomic E-state index is 0.0923. The molecule has 2 aliphatic carbocycles. The maximum absolute atomic E-state index is 13.6. The summed E-state index contributed by atoms with van der Waals surface area (Å²) in [5, 5.41) is 0. The van der Waals surface area contributed by atoms with Crippen molar-refractivity contribution in [2.45, 2.75) is 6.42 Å². The van der Waals surface area contributed by atoms with Crippen LogP contribution in [-0.4, -0.2) is 47.8 Å². The van der Waals surface area contributed by atoms with Crippen LogP contribution >= 0.6 is 7.67 Å². The topological polar surface area (TPSA) is 85.4 Å². The SMILES string of the molecule is O=C1OCCN1P(=O)(OC1=CC[C@@H]2C=CC=CC2=C1)N1CCOC1=O. The molecule has 0 unspecified atom stereocenters. The Kier molecular flexibility index (Phi) is 3.92. The molecule has 4 rings (SSSR count). The third kappa shape index (κ3) is 2.76. The van der Waals surface area contributed by atoms with Gasteiger partial charge in [-0.25, -0.2) is 23.5 Å². The zero-order valence-corrected chi connectivity index (χ0v) is 14.3. The van der Waals surface area contributed by atoms with E-state index in [2.05, 4.69) is 6.08 Å². The Balaban J connectivity index is 1.64. The molecule has 9 heteroatoms. The highest BCUT2D eigenvalue weighted by Gasteiger charge is 2.51. The summed E-state index contributed by atoms with van der Waals surface area (Å²) < 4.78 is 31.1. The molecule has 0 bridgehead atoms. The first-order valence-corrected chi connectivity index (χ1v) is 9.57. The zero-order valence-electron chi connectivity index (χ0n) is 13.4. The highest BCUT2D eigenvalue weighted by molar-refractivity contribution is 7.55. The molecule has 0 aromatic rings. The van der Waals surface area contributed by atoms with Gasteiger partial charge >= 0.3 is 19.9 Å². The van der Waals surface area contributed by atoms with Crippen molar-refractivity contribution in [1.29, 1.82) is 0 Å². The van der Waals surface area contributed by atoms with Crippen molar-refractivity contribution in [2.75, 3.05) is 26.3 Å². The lowest BCUT2D eigenvalue weighted by Crippen LogP contribution is -2.34. The molecule has 2 aliphatic heterocycles. The van der Waals surface area contributed by atoms with E-state index in [4.69, 9.17) is 14.0 Å². The van der Waals surface area contributed by atoms with E-state index in [1.807, 2.05) is 24.3 Å². The Morgan fingerprint density at radius 1 is 1.08 bits per heavy atom. The number of ether oxygens (including phenoxy) is 2. The van der Waals surface area contributed by atoms with Crippen LogP contribution in [0.3, 0.4) is 0 Å². The second-order valence-corrected chi connectivity index (χ2v) is 8.02. The maximum atomic E-state index is 13.6. The number of rotatable bonds is 4. The van der Waals surface area contributed by atoms with Gasteiger partial charge in [0.2, 0.25) is 0 Å². The summed E-state index contributed by atoms with van der Waals surface area (Å²) in [6, 6.07) is 0. The smallest absolute Gasteiger partial charge is 0.447 e. The Morgan fingerprint density at radius 2 is 1.76 bits per heavy atom. The average Bonchev–Trinajstić information content (AvgIpc) is 3.23. The quantitative estimate of drug-likeness (QED) is 0.713. The predicted octanol–water partition coefficient (Wildman–Crippen LogP) is 2.97. The number of amides is 2. The molecule has 2 saturated heterocycles. The van der Waals surface area contributed by atoms with Crippen molar-refractivity contribution in [3.05, 3.63) is 47.8 Å². The van der Waals surface area contributed by atoms with Crippen LogP contribution in [0.15, 0.2) is 47.8 Å². The standard InChI is InChI=1S/C16H17N2O6P/c19-15-17(7-9-22-15)25(21,18-8-10-23-16(18)20)24-14-6-5-12-3-1-2-4-13(12)11-14/h1-4,6,11-12H,5,7-10H2/t12-/m0/s1. The molecule has 2 fully saturated rings. The molecular weight excluding hydrogens is 347 g/mol. The molecular formula is C16H17N2O6P. The van der Waals surface area contributed by atoms with Crippen LogP contribution < -0.4 is 0 Å². The first-order chi connectivity index (χ1) is 12.1. The molecule has 0 aromatic heterocycles. The fourth-order valence-corrected chi connectivity index (χ4v) is 5.15. The second kappa shape index (κ2) is 6.11. The first kappa shape index (κ1) is 16.0. The fraction of sp³-hybridized carbons (Fsp3) is 0.375. The molecule has 0 N–H and O–H groups in total. The van der Waals surface area contributed by atoms with E-state index in [9.17, 15) is 14.2 Å². The van der Waals surface area contributed by atoms with Crippen molar-refractivity contribution >= 4 is 19.9 Å². The summed E-state index contributed by atoms with van der Waals surface area (Å²) in [4.78, 5) is 23.9. The van der Waals surface area contributed by atoms with Gasteiger partial charge in [0.15, 0.2) is 0 Å². The van der Waals surface area contributed by atoms with Crippen LogP contribution in [0.1, 0.15) is 6.42 Å². The highest BCUT2D eigenvalue weighted by Crippen LogP contribution is 2.58. The van der Waals surface area contributed by atoms with E-state index in [0.29, 0.717) is 12.2 Å². The van der Waals surface area contributed by atoms with E-state index in [1.54, 1.807) is 6.08 Å². The first-order valence-electron chi connectivity index (χ1n) is 8.04. The van der Waals surface area contributed by atoms with Crippen LogP contribution in [0, 0.1) is 5.92 Å². The summed E-state index contributed by atoms with van der Waals surface area (Å²) in [5.41, 5.74) is 1.03. The van der Waals surface area contributed by atoms with Crippen LogP contribution in [-0.2, 0) is 18.6 Å². The number of allylic oxidation sites excluding steroid dienone is 7. The number of fused-ring (bicyclic) bond motifs is 1. The average molecular weight is 364 g/mol. The predicted molar refractivity (Wildman–Crippen MR) is 87.4 cm³/mol. The van der Waals surface area contributed by atoms with E-state index in [0.717, 1.165) is 14.9 Å². The second-order valence-electron chi connectivity index (χ2n) is 5.89. The molecule has 0 aromatic carbocycles. The van der Waals surface area contributed by atoms with Crippen LogP contribution in [0.5, 0.6) is 0 Å². The number of carbonyl (C=O) groups excluding carboxylic acids is 2. The Bertz CT molecular complexity index is 753. The van der Waals surface area contributed by atoms with E-state index in [-0.39, 0.29) is 32.2 Å². The van der Waals surface area contributed by atoms with E-state index < -0.39 is 19.9 Å². The van der Waals surface area contributed by atoms with Gasteiger partial charge in [-0.2, -0.15) is 0 Å². The Morgan fingerprint density at radius 3 is 2.36 bits per heavy atom. The highest BCUT2D eigenvalue weighted by atomic mass is 31.2. The molecule has 132 valence electrons.